The van der Waals surface area contributed by atoms with E-state index in [0.29, 0.717) is 29.5 Å². The summed E-state index contributed by atoms with van der Waals surface area (Å²) in [6.07, 6.45) is 1.93. The molecule has 0 spiro atoms. The molecule has 2 aromatic rings. The highest BCUT2D eigenvalue weighted by Crippen LogP contribution is 2.28. The molecule has 2 aromatic carbocycles. The van der Waals surface area contributed by atoms with Crippen molar-refractivity contribution in [1.29, 1.82) is 0 Å². The number of amides is 1. The van der Waals surface area contributed by atoms with E-state index < -0.39 is 22.0 Å². The molecule has 172 valence electrons. The normalized spacial score (nSPS) is 15.6. The molecule has 1 atom stereocenters. The van der Waals surface area contributed by atoms with Crippen LogP contribution in [0.4, 0.5) is 5.69 Å². The van der Waals surface area contributed by atoms with Crippen molar-refractivity contribution < 1.29 is 17.9 Å². The van der Waals surface area contributed by atoms with Gasteiger partial charge in [0.25, 0.3) is 5.91 Å². The minimum absolute atomic E-state index is 0.0549. The third kappa shape index (κ3) is 6.32. The smallest absolute Gasteiger partial charge is 0.266 e. The van der Waals surface area contributed by atoms with E-state index in [1.165, 1.54) is 22.5 Å². The van der Waals surface area contributed by atoms with Gasteiger partial charge in [0, 0.05) is 23.8 Å². The highest BCUT2D eigenvalue weighted by Gasteiger charge is 2.25. The van der Waals surface area contributed by atoms with Gasteiger partial charge in [0.15, 0.2) is 11.2 Å². The summed E-state index contributed by atoms with van der Waals surface area (Å²) >= 11 is 17.1. The molecule has 7 nitrogen and oxygen atoms in total. The predicted octanol–water partition coefficient (Wildman–Crippen LogP) is 4.45. The van der Waals surface area contributed by atoms with E-state index in [9.17, 15) is 13.2 Å². The SMILES string of the molecule is CC(Oc1ccc(Cl)cc1Cl)C(=O)NC(=S)Nc1ccc(S(=O)(=O)N2CCCCC2)cc1. The number of carbonyl (C=O) groups is 1. The molecule has 0 aromatic heterocycles. The van der Waals surface area contributed by atoms with E-state index in [0.717, 1.165) is 19.3 Å². The molecule has 1 saturated heterocycles. The van der Waals surface area contributed by atoms with Crippen LogP contribution in [0.5, 0.6) is 5.75 Å². The van der Waals surface area contributed by atoms with Gasteiger partial charge in [-0.25, -0.2) is 8.42 Å². The minimum atomic E-state index is -3.51. The Morgan fingerprint density at radius 2 is 1.75 bits per heavy atom. The quantitative estimate of drug-likeness (QED) is 0.552. The van der Waals surface area contributed by atoms with Crippen LogP contribution in [-0.2, 0) is 14.8 Å². The van der Waals surface area contributed by atoms with Gasteiger partial charge in [-0.05, 0) is 74.4 Å². The van der Waals surface area contributed by atoms with E-state index >= 15 is 0 Å². The number of thiocarbonyl (C=S) groups is 1. The molecule has 32 heavy (non-hydrogen) atoms. The van der Waals surface area contributed by atoms with Crippen molar-refractivity contribution >= 4 is 62.2 Å². The zero-order chi connectivity index (χ0) is 23.3. The lowest BCUT2D eigenvalue weighted by atomic mass is 10.2. The van der Waals surface area contributed by atoms with E-state index in [1.807, 2.05) is 0 Å². The van der Waals surface area contributed by atoms with Gasteiger partial charge in [-0.2, -0.15) is 4.31 Å². The van der Waals surface area contributed by atoms with Gasteiger partial charge in [0.1, 0.15) is 5.75 Å². The van der Waals surface area contributed by atoms with Gasteiger partial charge in [-0.15, -0.1) is 0 Å². The van der Waals surface area contributed by atoms with Crippen LogP contribution in [0.2, 0.25) is 10.0 Å². The summed E-state index contributed by atoms with van der Waals surface area (Å²) in [6.45, 7) is 2.64. The van der Waals surface area contributed by atoms with Gasteiger partial charge in [0.2, 0.25) is 10.0 Å². The second-order valence-corrected chi connectivity index (χ2v) is 10.5. The van der Waals surface area contributed by atoms with Crippen molar-refractivity contribution in [2.45, 2.75) is 37.2 Å². The molecule has 2 N–H and O–H groups in total. The molecule has 1 amide bonds. The van der Waals surface area contributed by atoms with E-state index in [2.05, 4.69) is 10.6 Å². The number of nitrogens with zero attached hydrogens (tertiary/aromatic N) is 1. The Kier molecular flexibility index (Phi) is 8.35. The largest absolute Gasteiger partial charge is 0.479 e. The van der Waals surface area contributed by atoms with Crippen LogP contribution < -0.4 is 15.4 Å². The Morgan fingerprint density at radius 3 is 2.38 bits per heavy atom. The zero-order valence-electron chi connectivity index (χ0n) is 17.3. The van der Waals surface area contributed by atoms with Crippen molar-refractivity contribution in [3.8, 4) is 5.75 Å². The fourth-order valence-corrected chi connectivity index (χ4v) is 5.34. The second-order valence-electron chi connectivity index (χ2n) is 7.27. The third-order valence-corrected chi connectivity index (χ3v) is 7.52. The van der Waals surface area contributed by atoms with Gasteiger partial charge in [0.05, 0.1) is 9.92 Å². The summed E-state index contributed by atoms with van der Waals surface area (Å²) in [6, 6.07) is 10.9. The zero-order valence-corrected chi connectivity index (χ0v) is 20.5. The van der Waals surface area contributed by atoms with Crippen molar-refractivity contribution in [1.82, 2.24) is 9.62 Å². The standard InChI is InChI=1S/C21H23Cl2N3O4S2/c1-14(30-19-10-5-15(22)13-18(19)23)20(27)25-21(31)24-16-6-8-17(9-7-16)32(28,29)26-11-3-2-4-12-26/h5-10,13-14H,2-4,11-12H2,1H3,(H2,24,25,27,31). The van der Waals surface area contributed by atoms with Crippen LogP contribution in [0, 0.1) is 0 Å². The van der Waals surface area contributed by atoms with Gasteiger partial charge >= 0.3 is 0 Å². The Bertz CT molecular complexity index is 1090. The maximum atomic E-state index is 12.7. The lowest BCUT2D eigenvalue weighted by molar-refractivity contribution is -0.125. The summed E-state index contributed by atoms with van der Waals surface area (Å²) in [5.41, 5.74) is 0.544. The summed E-state index contributed by atoms with van der Waals surface area (Å²) < 4.78 is 32.5. The van der Waals surface area contributed by atoms with Crippen LogP contribution in [0.1, 0.15) is 26.2 Å². The number of anilines is 1. The highest BCUT2D eigenvalue weighted by atomic mass is 35.5. The first kappa shape index (κ1) is 24.7. The molecule has 1 fully saturated rings. The van der Waals surface area contributed by atoms with Crippen molar-refractivity contribution in [2.75, 3.05) is 18.4 Å². The number of ether oxygens (including phenoxy) is 1. The van der Waals surface area contributed by atoms with Crippen molar-refractivity contribution in [3.05, 3.63) is 52.5 Å². The monoisotopic (exact) mass is 515 g/mol. The number of hydrogen-bond donors (Lipinski definition) is 2. The number of benzene rings is 2. The first-order valence-corrected chi connectivity index (χ1v) is 12.6. The lowest BCUT2D eigenvalue weighted by Crippen LogP contribution is -2.42. The average molecular weight is 516 g/mol. The molecular formula is C21H23Cl2N3O4S2. The first-order chi connectivity index (χ1) is 15.2. The summed E-state index contributed by atoms with van der Waals surface area (Å²) in [4.78, 5) is 12.6. The number of piperidine rings is 1. The lowest BCUT2D eigenvalue weighted by Gasteiger charge is -2.25. The van der Waals surface area contributed by atoms with Crippen LogP contribution in [0.25, 0.3) is 0 Å². The first-order valence-electron chi connectivity index (χ1n) is 10.0. The average Bonchev–Trinajstić information content (AvgIpc) is 2.76. The van der Waals surface area contributed by atoms with Gasteiger partial charge < -0.3 is 10.1 Å². The molecule has 0 aliphatic carbocycles. The van der Waals surface area contributed by atoms with E-state index in [4.69, 9.17) is 40.2 Å². The van der Waals surface area contributed by atoms with Crippen LogP contribution >= 0.6 is 35.4 Å². The molecule has 1 aliphatic heterocycles. The molecule has 0 saturated carbocycles. The number of carbonyl (C=O) groups excluding carboxylic acids is 1. The number of hydrogen-bond acceptors (Lipinski definition) is 5. The summed E-state index contributed by atoms with van der Waals surface area (Å²) in [5.74, 6) is -0.152. The second kappa shape index (κ2) is 10.8. The fraction of sp³-hybridized carbons (Fsp3) is 0.333. The maximum Gasteiger partial charge on any atom is 0.266 e. The summed E-state index contributed by atoms with van der Waals surface area (Å²) in [7, 11) is -3.51. The van der Waals surface area contributed by atoms with E-state index in [-0.39, 0.29) is 15.0 Å². The molecule has 1 heterocycles. The Labute approximate surface area is 203 Å². The van der Waals surface area contributed by atoms with E-state index in [1.54, 1.807) is 31.2 Å². The van der Waals surface area contributed by atoms with Crippen LogP contribution in [0.3, 0.4) is 0 Å². The summed E-state index contributed by atoms with van der Waals surface area (Å²) in [5, 5.41) is 6.20. The Hall–Kier alpha value is -1.91. The number of sulfonamides is 1. The number of halogens is 2. The molecule has 0 bridgehead atoms. The predicted molar refractivity (Wildman–Crippen MR) is 130 cm³/mol. The maximum absolute atomic E-state index is 12.7. The van der Waals surface area contributed by atoms with Crippen LogP contribution in [0.15, 0.2) is 47.4 Å². The molecule has 1 aliphatic rings. The molecule has 11 heteroatoms. The van der Waals surface area contributed by atoms with Gasteiger partial charge in [-0.3, -0.25) is 10.1 Å². The van der Waals surface area contributed by atoms with Gasteiger partial charge in [-0.1, -0.05) is 29.6 Å². The topological polar surface area (TPSA) is 87.7 Å². The van der Waals surface area contributed by atoms with Crippen molar-refractivity contribution in [2.24, 2.45) is 0 Å². The third-order valence-electron chi connectivity index (χ3n) is 4.87. The molecule has 0 radical (unpaired) electrons. The van der Waals surface area contributed by atoms with Crippen molar-refractivity contribution in [3.63, 3.8) is 0 Å². The molecule has 3 rings (SSSR count). The molecular weight excluding hydrogens is 493 g/mol. The minimum Gasteiger partial charge on any atom is -0.479 e. The number of nitrogens with one attached hydrogen (secondary N) is 2. The number of rotatable bonds is 6. The highest BCUT2D eigenvalue weighted by molar-refractivity contribution is 7.89. The Balaban J connectivity index is 1.55. The fourth-order valence-electron chi connectivity index (χ4n) is 3.16. The molecule has 1 unspecified atom stereocenters. The van der Waals surface area contributed by atoms with Crippen LogP contribution in [-0.4, -0.2) is 42.9 Å². The Morgan fingerprint density at radius 1 is 1.09 bits per heavy atom.